The number of nitrogens with one attached hydrogen (secondary N) is 2. The number of rotatable bonds is 5. The molecule has 0 spiro atoms. The summed E-state index contributed by atoms with van der Waals surface area (Å²) in [4.78, 5) is 4.42. The molecule has 0 saturated carbocycles. The highest BCUT2D eigenvalue weighted by Crippen LogP contribution is 2.27. The summed E-state index contributed by atoms with van der Waals surface area (Å²) in [6.45, 7) is 1.04. The van der Waals surface area contributed by atoms with Gasteiger partial charge in [-0.15, -0.1) is 10.2 Å². The van der Waals surface area contributed by atoms with E-state index in [1.54, 1.807) is 11.3 Å². The minimum absolute atomic E-state index is 0.295. The van der Waals surface area contributed by atoms with E-state index >= 15 is 0 Å². The normalized spacial score (nSPS) is 11.6. The van der Waals surface area contributed by atoms with E-state index in [2.05, 4.69) is 25.8 Å². The average Bonchev–Trinajstić information content (AvgIpc) is 2.94. The van der Waals surface area contributed by atoms with E-state index in [1.165, 1.54) is 6.07 Å². The zero-order chi connectivity index (χ0) is 16.3. The first-order valence-electron chi connectivity index (χ1n) is 6.76. The predicted octanol–water partition coefficient (Wildman–Crippen LogP) is 3.63. The van der Waals surface area contributed by atoms with Crippen LogP contribution < -0.4 is 10.6 Å². The molecule has 9 heteroatoms. The van der Waals surface area contributed by atoms with Crippen molar-refractivity contribution in [3.05, 3.63) is 42.1 Å². The Balaban J connectivity index is 1.49. The molecule has 0 unspecified atom stereocenters. The van der Waals surface area contributed by atoms with Crippen LogP contribution in [0.3, 0.4) is 0 Å². The van der Waals surface area contributed by atoms with Crippen molar-refractivity contribution in [1.29, 1.82) is 0 Å². The van der Waals surface area contributed by atoms with Gasteiger partial charge in [0.2, 0.25) is 0 Å². The molecular formula is C14H12F3N5S. The molecule has 2 heterocycles. The van der Waals surface area contributed by atoms with Gasteiger partial charge in [0.1, 0.15) is 5.82 Å². The first-order chi connectivity index (χ1) is 11.0. The van der Waals surface area contributed by atoms with Crippen LogP contribution in [0.4, 0.5) is 24.1 Å². The molecule has 2 aromatic heterocycles. The monoisotopic (exact) mass is 339 g/mol. The molecule has 0 radical (unpaired) electrons. The Labute approximate surface area is 133 Å². The van der Waals surface area contributed by atoms with Crippen LogP contribution in [0.25, 0.3) is 10.2 Å². The number of hydrogen-bond acceptors (Lipinski definition) is 6. The highest BCUT2D eigenvalue weighted by Gasteiger charge is 2.32. The van der Waals surface area contributed by atoms with E-state index in [1.807, 2.05) is 24.3 Å². The van der Waals surface area contributed by atoms with Crippen LogP contribution in [0.1, 0.15) is 5.69 Å². The molecular weight excluding hydrogens is 327 g/mol. The lowest BCUT2D eigenvalue weighted by Crippen LogP contribution is -2.15. The molecule has 0 fully saturated rings. The topological polar surface area (TPSA) is 62.7 Å². The van der Waals surface area contributed by atoms with Crippen molar-refractivity contribution in [2.45, 2.75) is 6.18 Å². The number of nitrogens with zero attached hydrogens (tertiary/aromatic N) is 3. The Morgan fingerprint density at radius 1 is 0.957 bits per heavy atom. The van der Waals surface area contributed by atoms with Crippen molar-refractivity contribution in [3.8, 4) is 0 Å². The zero-order valence-corrected chi connectivity index (χ0v) is 12.6. The van der Waals surface area contributed by atoms with Gasteiger partial charge in [-0.2, -0.15) is 13.2 Å². The molecule has 120 valence electrons. The smallest absolute Gasteiger partial charge is 0.367 e. The Morgan fingerprint density at radius 3 is 2.43 bits per heavy atom. The van der Waals surface area contributed by atoms with E-state index in [4.69, 9.17) is 0 Å². The molecule has 0 aliphatic heterocycles. The number of para-hydroxylation sites is 1. The molecule has 0 aliphatic carbocycles. The number of fused-ring (bicyclic) bond motifs is 1. The van der Waals surface area contributed by atoms with Gasteiger partial charge in [0.15, 0.2) is 10.8 Å². The van der Waals surface area contributed by atoms with Gasteiger partial charge in [0, 0.05) is 13.1 Å². The molecule has 1 aromatic carbocycles. The molecule has 23 heavy (non-hydrogen) atoms. The van der Waals surface area contributed by atoms with Gasteiger partial charge in [-0.25, -0.2) is 4.98 Å². The first-order valence-corrected chi connectivity index (χ1v) is 7.58. The number of halogens is 3. The number of thiazole rings is 1. The highest BCUT2D eigenvalue weighted by molar-refractivity contribution is 7.22. The number of anilines is 2. The zero-order valence-electron chi connectivity index (χ0n) is 11.8. The third-order valence-corrected chi connectivity index (χ3v) is 3.95. The largest absolute Gasteiger partial charge is 0.435 e. The SMILES string of the molecule is FC(F)(F)c1ccc(NCCNc2nc3ccccc3s2)nn1. The summed E-state index contributed by atoms with van der Waals surface area (Å²) in [6, 6.07) is 9.97. The Morgan fingerprint density at radius 2 is 1.74 bits per heavy atom. The van der Waals surface area contributed by atoms with Crippen LogP contribution in [0.5, 0.6) is 0 Å². The molecule has 0 saturated heterocycles. The van der Waals surface area contributed by atoms with Crippen molar-refractivity contribution in [2.24, 2.45) is 0 Å². The Bertz CT molecular complexity index is 752. The van der Waals surface area contributed by atoms with Crippen molar-refractivity contribution < 1.29 is 13.2 Å². The average molecular weight is 339 g/mol. The van der Waals surface area contributed by atoms with Crippen molar-refractivity contribution >= 4 is 32.5 Å². The van der Waals surface area contributed by atoms with Crippen molar-refractivity contribution in [1.82, 2.24) is 15.2 Å². The number of aromatic nitrogens is 3. The molecule has 0 aliphatic rings. The summed E-state index contributed by atoms with van der Waals surface area (Å²) in [5.41, 5.74) is -0.0720. The van der Waals surface area contributed by atoms with Crippen LogP contribution in [0, 0.1) is 0 Å². The summed E-state index contributed by atoms with van der Waals surface area (Å²) in [5.74, 6) is 0.295. The third-order valence-electron chi connectivity index (χ3n) is 2.96. The third kappa shape index (κ3) is 3.86. The van der Waals surface area contributed by atoms with Gasteiger partial charge in [-0.05, 0) is 24.3 Å². The lowest BCUT2D eigenvalue weighted by molar-refractivity contribution is -0.141. The Kier molecular flexibility index (Phi) is 4.28. The lowest BCUT2D eigenvalue weighted by Gasteiger charge is -2.07. The van der Waals surface area contributed by atoms with Gasteiger partial charge >= 0.3 is 6.18 Å². The quantitative estimate of drug-likeness (QED) is 0.695. The maximum atomic E-state index is 12.4. The molecule has 3 rings (SSSR count). The standard InChI is InChI=1S/C14H12F3N5S/c15-14(16,17)11-5-6-12(22-21-11)18-7-8-19-13-20-9-3-1-2-4-10(9)23-13/h1-6H,7-8H2,(H,18,22)(H,19,20). The van der Waals surface area contributed by atoms with Gasteiger partial charge in [-0.3, -0.25) is 0 Å². The summed E-state index contributed by atoms with van der Waals surface area (Å²) in [6.07, 6.45) is -4.47. The van der Waals surface area contributed by atoms with Crippen molar-refractivity contribution in [3.63, 3.8) is 0 Å². The maximum absolute atomic E-state index is 12.4. The molecule has 3 aromatic rings. The summed E-state index contributed by atoms with van der Waals surface area (Å²) < 4.78 is 38.2. The van der Waals surface area contributed by atoms with Crippen LogP contribution in [0.2, 0.25) is 0 Å². The minimum atomic E-state index is -4.47. The number of alkyl halides is 3. The van der Waals surface area contributed by atoms with E-state index in [0.717, 1.165) is 21.4 Å². The second kappa shape index (κ2) is 6.37. The first kappa shape index (κ1) is 15.5. The maximum Gasteiger partial charge on any atom is 0.435 e. The minimum Gasteiger partial charge on any atom is -0.367 e. The molecule has 0 amide bonds. The van der Waals surface area contributed by atoms with Crippen LogP contribution in [0.15, 0.2) is 36.4 Å². The second-order valence-electron chi connectivity index (χ2n) is 4.64. The molecule has 2 N–H and O–H groups in total. The van der Waals surface area contributed by atoms with E-state index in [9.17, 15) is 13.2 Å². The number of hydrogen-bond donors (Lipinski definition) is 2. The predicted molar refractivity (Wildman–Crippen MR) is 83.6 cm³/mol. The summed E-state index contributed by atoms with van der Waals surface area (Å²) in [7, 11) is 0. The lowest BCUT2D eigenvalue weighted by atomic mass is 10.3. The van der Waals surface area contributed by atoms with E-state index in [-0.39, 0.29) is 0 Å². The van der Waals surface area contributed by atoms with Gasteiger partial charge in [-0.1, -0.05) is 23.5 Å². The van der Waals surface area contributed by atoms with Crippen LogP contribution >= 0.6 is 11.3 Å². The molecule has 0 atom stereocenters. The number of benzene rings is 1. The van der Waals surface area contributed by atoms with E-state index < -0.39 is 11.9 Å². The Hall–Kier alpha value is -2.42. The van der Waals surface area contributed by atoms with E-state index in [0.29, 0.717) is 18.9 Å². The summed E-state index contributed by atoms with van der Waals surface area (Å²) >= 11 is 1.55. The fourth-order valence-corrected chi connectivity index (χ4v) is 2.78. The second-order valence-corrected chi connectivity index (χ2v) is 5.67. The van der Waals surface area contributed by atoms with Gasteiger partial charge in [0.05, 0.1) is 10.2 Å². The van der Waals surface area contributed by atoms with Gasteiger partial charge in [0.25, 0.3) is 0 Å². The van der Waals surface area contributed by atoms with Crippen LogP contribution in [-0.4, -0.2) is 28.3 Å². The molecule has 5 nitrogen and oxygen atoms in total. The molecule has 0 bridgehead atoms. The van der Waals surface area contributed by atoms with Crippen LogP contribution in [-0.2, 0) is 6.18 Å². The summed E-state index contributed by atoms with van der Waals surface area (Å²) in [5, 5.41) is 13.5. The fourth-order valence-electron chi connectivity index (χ4n) is 1.89. The fraction of sp³-hybridized carbons (Fsp3) is 0.214. The van der Waals surface area contributed by atoms with Crippen molar-refractivity contribution in [2.75, 3.05) is 23.7 Å². The van der Waals surface area contributed by atoms with Gasteiger partial charge < -0.3 is 10.6 Å². The highest BCUT2D eigenvalue weighted by atomic mass is 32.1.